The van der Waals surface area contributed by atoms with Crippen LogP contribution in [-0.2, 0) is 9.53 Å². The van der Waals surface area contributed by atoms with Gasteiger partial charge < -0.3 is 15.2 Å². The molecule has 1 saturated carbocycles. The molecule has 0 aromatic heterocycles. The lowest BCUT2D eigenvalue weighted by molar-refractivity contribution is -0.160. The van der Waals surface area contributed by atoms with Crippen LogP contribution < -0.4 is 16.2 Å². The summed E-state index contributed by atoms with van der Waals surface area (Å²) in [7, 11) is 0. The van der Waals surface area contributed by atoms with Crippen molar-refractivity contribution >= 4 is 23.3 Å². The molecule has 1 aliphatic heterocycles. The molecular formula is C19H27N3O3S. The first kappa shape index (κ1) is 19.1. The molecule has 1 spiro atoms. The highest BCUT2D eigenvalue weighted by Gasteiger charge is 2.58. The van der Waals surface area contributed by atoms with Crippen molar-refractivity contribution in [3.8, 4) is 0 Å². The molecule has 1 aliphatic carbocycles. The normalized spacial score (nSPS) is 33.8. The molecule has 7 heteroatoms. The Hall–Kier alpha value is -1.70. The van der Waals surface area contributed by atoms with Crippen LogP contribution in [0.5, 0.6) is 0 Å². The van der Waals surface area contributed by atoms with Crippen LogP contribution in [-0.4, -0.2) is 34.1 Å². The van der Waals surface area contributed by atoms with Crippen LogP contribution in [0.3, 0.4) is 0 Å². The molecule has 0 radical (unpaired) electrons. The van der Waals surface area contributed by atoms with Gasteiger partial charge in [-0.1, -0.05) is 44.2 Å². The zero-order valence-electron chi connectivity index (χ0n) is 15.4. The van der Waals surface area contributed by atoms with Crippen LogP contribution in [0.25, 0.3) is 0 Å². The Morgan fingerprint density at radius 3 is 2.65 bits per heavy atom. The summed E-state index contributed by atoms with van der Waals surface area (Å²) in [5, 5.41) is 14.5. The van der Waals surface area contributed by atoms with Gasteiger partial charge in [0.15, 0.2) is 5.11 Å². The molecule has 6 nitrogen and oxygen atoms in total. The summed E-state index contributed by atoms with van der Waals surface area (Å²) in [6, 6.07) is 9.81. The molecule has 142 valence electrons. The van der Waals surface area contributed by atoms with Crippen LogP contribution in [0.2, 0.25) is 0 Å². The van der Waals surface area contributed by atoms with Crippen molar-refractivity contribution in [2.75, 3.05) is 6.61 Å². The highest BCUT2D eigenvalue weighted by molar-refractivity contribution is 7.80. The van der Waals surface area contributed by atoms with E-state index in [1.165, 1.54) is 0 Å². The van der Waals surface area contributed by atoms with Crippen LogP contribution in [0.15, 0.2) is 30.3 Å². The summed E-state index contributed by atoms with van der Waals surface area (Å²) >= 11 is 5.23. The molecule has 26 heavy (non-hydrogen) atoms. The minimum Gasteiger partial charge on any atom is -0.465 e. The molecule has 3 rings (SSSR count). The molecule has 0 unspecified atom stereocenters. The summed E-state index contributed by atoms with van der Waals surface area (Å²) in [6.07, 6.45) is 0.800. The van der Waals surface area contributed by atoms with Gasteiger partial charge in [0.05, 0.1) is 12.2 Å². The van der Waals surface area contributed by atoms with E-state index < -0.39 is 17.2 Å². The molecule has 2 fully saturated rings. The Kier molecular flexibility index (Phi) is 5.23. The predicted molar refractivity (Wildman–Crippen MR) is 103 cm³/mol. The Balaban J connectivity index is 2.01. The molecule has 1 aromatic carbocycles. The summed E-state index contributed by atoms with van der Waals surface area (Å²) < 4.78 is 5.61. The number of ether oxygens (including phenoxy) is 1. The van der Waals surface area contributed by atoms with Crippen LogP contribution >= 0.6 is 12.2 Å². The molecule has 2 aliphatic rings. The highest BCUT2D eigenvalue weighted by atomic mass is 32.1. The molecular weight excluding hydrogens is 350 g/mol. The number of nitrogens with one attached hydrogen (secondary N) is 3. The maximum absolute atomic E-state index is 13.1. The fourth-order valence-corrected chi connectivity index (χ4v) is 4.34. The van der Waals surface area contributed by atoms with E-state index in [0.29, 0.717) is 24.6 Å². The first-order valence-corrected chi connectivity index (χ1v) is 9.42. The van der Waals surface area contributed by atoms with Gasteiger partial charge in [-0.3, -0.25) is 10.2 Å². The fraction of sp³-hybridized carbons (Fsp3) is 0.579. The maximum atomic E-state index is 13.1. The second-order valence-corrected chi connectivity index (χ2v) is 8.48. The summed E-state index contributed by atoms with van der Waals surface area (Å²) in [6.45, 7) is 6.17. The van der Waals surface area contributed by atoms with E-state index >= 15 is 0 Å². The Morgan fingerprint density at radius 1 is 1.38 bits per heavy atom. The third-order valence-electron chi connectivity index (χ3n) is 5.03. The number of hydrogen-bond donors (Lipinski definition) is 4. The molecule has 1 heterocycles. The van der Waals surface area contributed by atoms with Gasteiger partial charge in [-0.25, -0.2) is 5.43 Å². The van der Waals surface area contributed by atoms with Crippen molar-refractivity contribution in [3.63, 3.8) is 0 Å². The van der Waals surface area contributed by atoms with Crippen molar-refractivity contribution in [2.24, 2.45) is 11.8 Å². The summed E-state index contributed by atoms with van der Waals surface area (Å²) in [5.41, 5.74) is 5.17. The smallest absolute Gasteiger partial charge is 0.313 e. The number of rotatable bonds is 4. The minimum absolute atomic E-state index is 0.206. The third-order valence-corrected chi connectivity index (χ3v) is 5.23. The summed E-state index contributed by atoms with van der Waals surface area (Å²) in [5.74, 6) is -0.769. The SMILES string of the molecule is CC(C)COC(=O)[C@H]1[C@H](c2ccccc2)C[C@@](C)(O)C[C@]12NNC(=S)N2. The number of carbonyl (C=O) groups excluding carboxylic acids is 1. The van der Waals surface area contributed by atoms with Gasteiger partial charge in [0, 0.05) is 12.3 Å². The number of aliphatic hydroxyl groups is 1. The highest BCUT2D eigenvalue weighted by Crippen LogP contribution is 2.47. The van der Waals surface area contributed by atoms with E-state index in [1.807, 2.05) is 44.2 Å². The number of hydrogen-bond acceptors (Lipinski definition) is 5. The summed E-state index contributed by atoms with van der Waals surface area (Å²) in [4.78, 5) is 13.1. The zero-order chi connectivity index (χ0) is 18.9. The van der Waals surface area contributed by atoms with Crippen molar-refractivity contribution in [2.45, 2.75) is 50.8 Å². The standard InChI is InChI=1S/C19H27N3O3S/c1-12(2)10-25-16(23)15-14(13-7-5-4-6-8-13)9-18(3,24)11-19(15)20-17(26)21-22-19/h4-8,12,14-15,22,24H,9-11H2,1-3H3,(H2,20,21,26)/t14-,15+,18+,19-/m0/s1. The van der Waals surface area contributed by atoms with E-state index in [9.17, 15) is 9.90 Å². The van der Waals surface area contributed by atoms with Crippen molar-refractivity contribution in [1.82, 2.24) is 16.2 Å². The van der Waals surface area contributed by atoms with E-state index in [2.05, 4.69) is 16.2 Å². The van der Waals surface area contributed by atoms with Crippen molar-refractivity contribution < 1.29 is 14.6 Å². The van der Waals surface area contributed by atoms with Gasteiger partial charge in [0.1, 0.15) is 11.6 Å². The average molecular weight is 378 g/mol. The van der Waals surface area contributed by atoms with Gasteiger partial charge in [0.25, 0.3) is 0 Å². The lowest BCUT2D eigenvalue weighted by Gasteiger charge is -2.49. The molecule has 0 amide bonds. The fourth-order valence-electron chi connectivity index (χ4n) is 4.11. The second-order valence-electron chi connectivity index (χ2n) is 8.07. The van der Waals surface area contributed by atoms with Gasteiger partial charge in [0.2, 0.25) is 0 Å². The van der Waals surface area contributed by atoms with Crippen LogP contribution in [0.4, 0.5) is 0 Å². The molecule has 1 saturated heterocycles. The van der Waals surface area contributed by atoms with Crippen LogP contribution in [0.1, 0.15) is 45.1 Å². The number of thiocarbonyl (C=S) groups is 1. The van der Waals surface area contributed by atoms with Gasteiger partial charge in [-0.15, -0.1) is 0 Å². The third kappa shape index (κ3) is 3.84. The van der Waals surface area contributed by atoms with E-state index in [-0.39, 0.29) is 17.8 Å². The number of benzene rings is 1. The first-order valence-electron chi connectivity index (χ1n) is 9.02. The van der Waals surface area contributed by atoms with E-state index in [0.717, 1.165) is 5.56 Å². The van der Waals surface area contributed by atoms with E-state index in [4.69, 9.17) is 17.0 Å². The first-order chi connectivity index (χ1) is 12.2. The molecule has 4 atom stereocenters. The Bertz CT molecular complexity index is 680. The Morgan fingerprint density at radius 2 is 2.08 bits per heavy atom. The molecule has 1 aromatic rings. The number of carbonyl (C=O) groups is 1. The van der Waals surface area contributed by atoms with E-state index in [1.54, 1.807) is 6.92 Å². The van der Waals surface area contributed by atoms with Crippen LogP contribution in [0, 0.1) is 11.8 Å². The quantitative estimate of drug-likeness (QED) is 0.471. The monoisotopic (exact) mass is 377 g/mol. The average Bonchev–Trinajstić information content (AvgIpc) is 2.92. The zero-order valence-corrected chi connectivity index (χ0v) is 16.2. The number of hydrazine groups is 1. The van der Waals surface area contributed by atoms with Gasteiger partial charge in [-0.2, -0.15) is 0 Å². The largest absolute Gasteiger partial charge is 0.465 e. The van der Waals surface area contributed by atoms with Crippen molar-refractivity contribution in [3.05, 3.63) is 35.9 Å². The minimum atomic E-state index is -0.961. The molecule has 0 bridgehead atoms. The second kappa shape index (κ2) is 7.13. The maximum Gasteiger partial charge on any atom is 0.313 e. The van der Waals surface area contributed by atoms with Crippen molar-refractivity contribution in [1.29, 1.82) is 0 Å². The molecule has 4 N–H and O–H groups in total. The lowest BCUT2D eigenvalue weighted by Crippen LogP contribution is -2.67. The lowest BCUT2D eigenvalue weighted by atomic mass is 9.64. The predicted octanol–water partition coefficient (Wildman–Crippen LogP) is 1.81. The van der Waals surface area contributed by atoms with Gasteiger partial charge >= 0.3 is 5.97 Å². The topological polar surface area (TPSA) is 82.6 Å². The number of esters is 1. The Labute approximate surface area is 159 Å². The van der Waals surface area contributed by atoms with Gasteiger partial charge in [-0.05, 0) is 37.0 Å².